The average Bonchev–Trinajstić information content (AvgIpc) is 3.36. The third-order valence-corrected chi connectivity index (χ3v) is 6.80. The largest absolute Gasteiger partial charge is 0.313 e. The smallest absolute Gasteiger partial charge is 0.262 e. The summed E-state index contributed by atoms with van der Waals surface area (Å²) >= 11 is 0. The summed E-state index contributed by atoms with van der Waals surface area (Å²) in [5.74, 6) is -1.89. The topological polar surface area (TPSA) is 108 Å². The third kappa shape index (κ3) is 3.07. The minimum absolute atomic E-state index is 0.121. The van der Waals surface area contributed by atoms with Crippen LogP contribution in [0.3, 0.4) is 0 Å². The summed E-state index contributed by atoms with van der Waals surface area (Å²) in [7, 11) is 0. The molecule has 1 aromatic rings. The minimum Gasteiger partial charge on any atom is -0.313 e. The molecule has 4 amide bonds. The Morgan fingerprint density at radius 2 is 1.93 bits per heavy atom. The predicted molar refractivity (Wildman–Crippen MR) is 103 cm³/mol. The molecule has 0 aromatic heterocycles. The number of nitrogens with one attached hydrogen (secondary N) is 3. The highest BCUT2D eigenvalue weighted by atomic mass is 16.2. The van der Waals surface area contributed by atoms with E-state index in [9.17, 15) is 19.2 Å². The SMILES string of the molecule is O=C1CCC(N2C(=O)c3ccc(CNCC45CCC(C4)NC5)cc3C2=O)C(=O)N1. The Kier molecular flexibility index (Phi) is 4.29. The van der Waals surface area contributed by atoms with Gasteiger partial charge in [0.05, 0.1) is 11.1 Å². The molecule has 3 unspecified atom stereocenters. The van der Waals surface area contributed by atoms with Crippen LogP contribution in [-0.4, -0.2) is 53.7 Å². The number of imide groups is 2. The zero-order valence-corrected chi connectivity index (χ0v) is 16.1. The van der Waals surface area contributed by atoms with Crippen LogP contribution in [0, 0.1) is 5.41 Å². The van der Waals surface area contributed by atoms with Crippen LogP contribution in [0.2, 0.25) is 0 Å². The van der Waals surface area contributed by atoms with Crippen molar-refractivity contribution in [2.45, 2.75) is 50.7 Å². The summed E-state index contributed by atoms with van der Waals surface area (Å²) in [6.07, 6.45) is 4.00. The molecule has 2 bridgehead atoms. The minimum atomic E-state index is -0.925. The molecule has 0 radical (unpaired) electrons. The highest BCUT2D eigenvalue weighted by Gasteiger charge is 2.45. The maximum atomic E-state index is 12.9. The quantitative estimate of drug-likeness (QED) is 0.619. The van der Waals surface area contributed by atoms with E-state index in [-0.39, 0.29) is 18.7 Å². The second kappa shape index (κ2) is 6.74. The van der Waals surface area contributed by atoms with Crippen molar-refractivity contribution in [1.82, 2.24) is 20.9 Å². The molecular formula is C21H24N4O4. The predicted octanol–water partition coefficient (Wildman–Crippen LogP) is 0.320. The van der Waals surface area contributed by atoms with Gasteiger partial charge in [0.25, 0.3) is 11.8 Å². The van der Waals surface area contributed by atoms with Crippen molar-refractivity contribution in [2.24, 2.45) is 5.41 Å². The second-order valence-corrected chi connectivity index (χ2v) is 8.75. The monoisotopic (exact) mass is 396 g/mol. The van der Waals surface area contributed by atoms with Crippen LogP contribution in [0.15, 0.2) is 18.2 Å². The van der Waals surface area contributed by atoms with E-state index in [4.69, 9.17) is 0 Å². The van der Waals surface area contributed by atoms with Crippen LogP contribution in [-0.2, 0) is 16.1 Å². The van der Waals surface area contributed by atoms with Crippen LogP contribution in [0.5, 0.6) is 0 Å². The van der Waals surface area contributed by atoms with Gasteiger partial charge in [0.2, 0.25) is 11.8 Å². The van der Waals surface area contributed by atoms with Gasteiger partial charge in [-0.15, -0.1) is 0 Å². The number of hydrogen-bond donors (Lipinski definition) is 3. The summed E-state index contributed by atoms with van der Waals surface area (Å²) in [5, 5.41) is 9.28. The molecule has 2 saturated heterocycles. The maximum Gasteiger partial charge on any atom is 0.262 e. The molecule has 4 aliphatic rings. The van der Waals surface area contributed by atoms with E-state index in [2.05, 4.69) is 16.0 Å². The molecule has 3 N–H and O–H groups in total. The average molecular weight is 396 g/mol. The Bertz CT molecular complexity index is 919. The number of rotatable bonds is 5. The first kappa shape index (κ1) is 18.4. The van der Waals surface area contributed by atoms with Crippen molar-refractivity contribution >= 4 is 23.6 Å². The molecule has 1 aliphatic carbocycles. The van der Waals surface area contributed by atoms with Crippen molar-refractivity contribution in [3.63, 3.8) is 0 Å². The van der Waals surface area contributed by atoms with Gasteiger partial charge in [-0.1, -0.05) is 6.07 Å². The van der Waals surface area contributed by atoms with E-state index < -0.39 is 23.8 Å². The van der Waals surface area contributed by atoms with Crippen LogP contribution >= 0.6 is 0 Å². The van der Waals surface area contributed by atoms with Crippen molar-refractivity contribution in [1.29, 1.82) is 0 Å². The lowest BCUT2D eigenvalue weighted by Gasteiger charge is -2.27. The number of carbonyl (C=O) groups is 4. The van der Waals surface area contributed by atoms with Gasteiger partial charge in [0, 0.05) is 32.1 Å². The fraction of sp³-hybridized carbons (Fsp3) is 0.524. The lowest BCUT2D eigenvalue weighted by atomic mass is 9.87. The van der Waals surface area contributed by atoms with Gasteiger partial charge >= 0.3 is 0 Å². The van der Waals surface area contributed by atoms with Crippen molar-refractivity contribution in [3.05, 3.63) is 34.9 Å². The van der Waals surface area contributed by atoms with Crippen LogP contribution in [0.1, 0.15) is 58.4 Å². The summed E-state index contributed by atoms with van der Waals surface area (Å²) in [4.78, 5) is 50.1. The lowest BCUT2D eigenvalue weighted by molar-refractivity contribution is -0.136. The Morgan fingerprint density at radius 1 is 1.10 bits per heavy atom. The fourth-order valence-electron chi connectivity index (χ4n) is 5.23. The number of carbonyl (C=O) groups excluding carboxylic acids is 4. The molecule has 3 heterocycles. The van der Waals surface area contributed by atoms with E-state index in [1.807, 2.05) is 6.07 Å². The summed E-state index contributed by atoms with van der Waals surface area (Å²) in [6, 6.07) is 5.01. The third-order valence-electron chi connectivity index (χ3n) is 6.80. The van der Waals surface area contributed by atoms with Crippen molar-refractivity contribution in [3.8, 4) is 0 Å². The zero-order valence-electron chi connectivity index (χ0n) is 16.1. The standard InChI is InChI=1S/C21H24N4O4/c26-17-4-3-16(18(27)24-17)25-19(28)14-2-1-12(7-15(14)20(25)29)9-22-10-21-6-5-13(8-21)23-11-21/h1-2,7,13,16,22-23H,3-6,8-11H2,(H,24,26,27). The molecule has 8 heteroatoms. The Labute approximate surface area is 168 Å². The zero-order chi connectivity index (χ0) is 20.2. The molecule has 3 fully saturated rings. The fourth-order valence-corrected chi connectivity index (χ4v) is 5.23. The molecule has 0 spiro atoms. The molecule has 5 rings (SSSR count). The molecule has 1 aromatic carbocycles. The molecule has 29 heavy (non-hydrogen) atoms. The van der Waals surface area contributed by atoms with Gasteiger partial charge < -0.3 is 10.6 Å². The first-order valence-corrected chi connectivity index (χ1v) is 10.2. The summed E-state index contributed by atoms with van der Waals surface area (Å²) < 4.78 is 0. The highest BCUT2D eigenvalue weighted by molar-refractivity contribution is 6.23. The molecule has 1 saturated carbocycles. The Morgan fingerprint density at radius 3 is 2.62 bits per heavy atom. The van der Waals surface area contributed by atoms with Crippen LogP contribution in [0.4, 0.5) is 0 Å². The number of nitrogens with zero attached hydrogens (tertiary/aromatic N) is 1. The van der Waals surface area contributed by atoms with Crippen LogP contribution in [0.25, 0.3) is 0 Å². The lowest BCUT2D eigenvalue weighted by Crippen LogP contribution is -2.54. The molecular weight excluding hydrogens is 372 g/mol. The number of amides is 4. The van der Waals surface area contributed by atoms with Gasteiger partial charge in [-0.3, -0.25) is 29.4 Å². The van der Waals surface area contributed by atoms with E-state index in [0.29, 0.717) is 29.1 Å². The van der Waals surface area contributed by atoms with Crippen LogP contribution < -0.4 is 16.0 Å². The van der Waals surface area contributed by atoms with E-state index in [1.165, 1.54) is 19.3 Å². The van der Waals surface area contributed by atoms with Gasteiger partial charge in [-0.05, 0) is 48.8 Å². The highest BCUT2D eigenvalue weighted by Crippen LogP contribution is 2.42. The van der Waals surface area contributed by atoms with Gasteiger partial charge in [-0.25, -0.2) is 0 Å². The number of benzene rings is 1. The normalized spacial score (nSPS) is 30.8. The Hall–Kier alpha value is -2.58. The van der Waals surface area contributed by atoms with Gasteiger partial charge in [0.15, 0.2) is 0 Å². The number of piperidine rings is 2. The molecule has 152 valence electrons. The van der Waals surface area contributed by atoms with Crippen molar-refractivity contribution in [2.75, 3.05) is 13.1 Å². The number of fused-ring (bicyclic) bond motifs is 3. The van der Waals surface area contributed by atoms with E-state index in [1.54, 1.807) is 12.1 Å². The first-order chi connectivity index (χ1) is 14.0. The molecule has 3 atom stereocenters. The van der Waals surface area contributed by atoms with Gasteiger partial charge in [0.1, 0.15) is 6.04 Å². The summed E-state index contributed by atoms with van der Waals surface area (Å²) in [5.41, 5.74) is 1.93. The van der Waals surface area contributed by atoms with E-state index >= 15 is 0 Å². The second-order valence-electron chi connectivity index (χ2n) is 8.75. The summed E-state index contributed by atoms with van der Waals surface area (Å²) in [6.45, 7) is 2.62. The molecule has 8 nitrogen and oxygen atoms in total. The molecule has 3 aliphatic heterocycles. The number of hydrogen-bond acceptors (Lipinski definition) is 6. The van der Waals surface area contributed by atoms with E-state index in [0.717, 1.165) is 23.6 Å². The maximum absolute atomic E-state index is 12.9. The Balaban J connectivity index is 1.28. The van der Waals surface area contributed by atoms with Gasteiger partial charge in [-0.2, -0.15) is 0 Å². The van der Waals surface area contributed by atoms with Crippen molar-refractivity contribution < 1.29 is 19.2 Å². The first-order valence-electron chi connectivity index (χ1n) is 10.2.